The summed E-state index contributed by atoms with van der Waals surface area (Å²) >= 11 is 0. The van der Waals surface area contributed by atoms with E-state index in [2.05, 4.69) is 24.1 Å². The molecule has 0 aliphatic carbocycles. The van der Waals surface area contributed by atoms with Crippen molar-refractivity contribution in [2.45, 2.75) is 33.2 Å². The van der Waals surface area contributed by atoms with Crippen LogP contribution in [0.5, 0.6) is 5.88 Å². The molecule has 0 saturated carbocycles. The minimum atomic E-state index is 0.458. The molecule has 1 N–H and O–H groups in total. The molecule has 0 aliphatic heterocycles. The predicted molar refractivity (Wildman–Crippen MR) is 62.2 cm³/mol. The Labute approximate surface area is 91.9 Å². The largest absolute Gasteiger partial charge is 0.478 e. The van der Waals surface area contributed by atoms with Crippen LogP contribution in [0.15, 0.2) is 18.2 Å². The predicted octanol–water partition coefficient (Wildman–Crippen LogP) is 2.02. The van der Waals surface area contributed by atoms with Crippen molar-refractivity contribution >= 4 is 0 Å². The van der Waals surface area contributed by atoms with E-state index in [9.17, 15) is 0 Å². The fourth-order valence-corrected chi connectivity index (χ4v) is 1.53. The van der Waals surface area contributed by atoms with Gasteiger partial charge >= 0.3 is 0 Å². The van der Waals surface area contributed by atoms with Crippen molar-refractivity contribution in [2.24, 2.45) is 0 Å². The zero-order valence-corrected chi connectivity index (χ0v) is 9.79. The second-order valence-electron chi connectivity index (χ2n) is 3.56. The molecular weight excluding hydrogens is 188 g/mol. The third-order valence-corrected chi connectivity index (χ3v) is 2.14. The van der Waals surface area contributed by atoms with Gasteiger partial charge in [-0.1, -0.05) is 13.0 Å². The van der Waals surface area contributed by atoms with E-state index >= 15 is 0 Å². The van der Waals surface area contributed by atoms with E-state index in [0.29, 0.717) is 12.6 Å². The summed E-state index contributed by atoms with van der Waals surface area (Å²) in [5, 5.41) is 3.36. The van der Waals surface area contributed by atoms with Crippen LogP contribution < -0.4 is 10.1 Å². The van der Waals surface area contributed by atoms with Crippen LogP contribution in [0.3, 0.4) is 0 Å². The molecule has 3 nitrogen and oxygen atoms in total. The number of rotatable bonds is 6. The topological polar surface area (TPSA) is 34.1 Å². The Hall–Kier alpha value is -1.09. The summed E-state index contributed by atoms with van der Waals surface area (Å²) in [6.45, 7) is 7.90. The number of nitrogens with zero attached hydrogens (tertiary/aromatic N) is 1. The maximum atomic E-state index is 5.36. The molecular formula is C12H20N2O. The van der Waals surface area contributed by atoms with Crippen molar-refractivity contribution in [1.29, 1.82) is 0 Å². The minimum absolute atomic E-state index is 0.458. The highest BCUT2D eigenvalue weighted by Gasteiger charge is 2.03. The summed E-state index contributed by atoms with van der Waals surface area (Å²) in [5.41, 5.74) is 1.08. The number of ether oxygens (including phenoxy) is 1. The highest BCUT2D eigenvalue weighted by molar-refractivity contribution is 5.16. The molecule has 0 radical (unpaired) electrons. The van der Waals surface area contributed by atoms with Crippen LogP contribution in [0.2, 0.25) is 0 Å². The third-order valence-electron chi connectivity index (χ3n) is 2.14. The first-order chi connectivity index (χ1) is 7.26. The average molecular weight is 208 g/mol. The summed E-state index contributed by atoms with van der Waals surface area (Å²) in [6, 6.07) is 6.38. The van der Waals surface area contributed by atoms with Gasteiger partial charge in [0.05, 0.1) is 6.61 Å². The van der Waals surface area contributed by atoms with Crippen LogP contribution in [-0.2, 0) is 6.42 Å². The van der Waals surface area contributed by atoms with E-state index < -0.39 is 0 Å². The molecule has 3 heteroatoms. The van der Waals surface area contributed by atoms with Crippen LogP contribution in [0.25, 0.3) is 0 Å². The first kappa shape index (κ1) is 12.0. The number of pyridine rings is 1. The molecule has 1 unspecified atom stereocenters. The Bertz CT molecular complexity index is 289. The normalized spacial score (nSPS) is 12.5. The number of likely N-dealkylation sites (N-methyl/N-ethyl adjacent to an activating group) is 1. The van der Waals surface area contributed by atoms with E-state index in [1.54, 1.807) is 0 Å². The first-order valence-electron chi connectivity index (χ1n) is 5.58. The highest BCUT2D eigenvalue weighted by atomic mass is 16.5. The molecule has 0 spiro atoms. The number of hydrogen-bond donors (Lipinski definition) is 1. The molecule has 1 aromatic rings. The van der Waals surface area contributed by atoms with Crippen molar-refractivity contribution < 1.29 is 4.74 Å². The van der Waals surface area contributed by atoms with Crippen molar-refractivity contribution in [3.05, 3.63) is 23.9 Å². The van der Waals surface area contributed by atoms with Gasteiger partial charge in [0.25, 0.3) is 0 Å². The van der Waals surface area contributed by atoms with Crippen LogP contribution in [0.1, 0.15) is 26.5 Å². The zero-order valence-electron chi connectivity index (χ0n) is 9.79. The van der Waals surface area contributed by atoms with Gasteiger partial charge in [0.1, 0.15) is 0 Å². The van der Waals surface area contributed by atoms with Crippen molar-refractivity contribution in [3.63, 3.8) is 0 Å². The van der Waals surface area contributed by atoms with Crippen molar-refractivity contribution in [1.82, 2.24) is 10.3 Å². The van der Waals surface area contributed by atoms with Crippen LogP contribution in [-0.4, -0.2) is 24.2 Å². The summed E-state index contributed by atoms with van der Waals surface area (Å²) < 4.78 is 5.36. The second kappa shape index (κ2) is 6.40. The molecule has 15 heavy (non-hydrogen) atoms. The van der Waals surface area contributed by atoms with E-state index in [4.69, 9.17) is 4.74 Å². The van der Waals surface area contributed by atoms with E-state index in [1.165, 1.54) is 0 Å². The van der Waals surface area contributed by atoms with Crippen LogP contribution in [0.4, 0.5) is 0 Å². The first-order valence-corrected chi connectivity index (χ1v) is 5.58. The fourth-order valence-electron chi connectivity index (χ4n) is 1.53. The Morgan fingerprint density at radius 1 is 1.40 bits per heavy atom. The van der Waals surface area contributed by atoms with Gasteiger partial charge in [-0.3, -0.25) is 0 Å². The van der Waals surface area contributed by atoms with Gasteiger partial charge in [-0.15, -0.1) is 0 Å². The molecule has 0 saturated heterocycles. The van der Waals surface area contributed by atoms with E-state index in [1.807, 2.05) is 25.1 Å². The molecule has 0 aliphatic rings. The van der Waals surface area contributed by atoms with E-state index in [0.717, 1.165) is 24.5 Å². The summed E-state index contributed by atoms with van der Waals surface area (Å²) in [7, 11) is 0. The number of nitrogens with one attached hydrogen (secondary N) is 1. The highest BCUT2D eigenvalue weighted by Crippen LogP contribution is 2.09. The van der Waals surface area contributed by atoms with Gasteiger partial charge < -0.3 is 10.1 Å². The Balaban J connectivity index is 2.56. The molecule has 1 aromatic heterocycles. The molecule has 0 aromatic carbocycles. The van der Waals surface area contributed by atoms with Crippen molar-refractivity contribution in [2.75, 3.05) is 13.2 Å². The maximum absolute atomic E-state index is 5.36. The zero-order chi connectivity index (χ0) is 11.1. The molecule has 1 atom stereocenters. The lowest BCUT2D eigenvalue weighted by atomic mass is 10.1. The lowest BCUT2D eigenvalue weighted by Crippen LogP contribution is -2.27. The molecule has 0 bridgehead atoms. The standard InChI is InChI=1S/C12H20N2O/c1-4-13-10(3)9-11-7-6-8-12(14-11)15-5-2/h6-8,10,13H,4-5,9H2,1-3H3. The Kier molecular flexibility index (Phi) is 5.12. The Morgan fingerprint density at radius 2 is 2.20 bits per heavy atom. The third kappa shape index (κ3) is 4.30. The lowest BCUT2D eigenvalue weighted by molar-refractivity contribution is 0.325. The average Bonchev–Trinajstić information content (AvgIpc) is 2.19. The van der Waals surface area contributed by atoms with Crippen molar-refractivity contribution in [3.8, 4) is 5.88 Å². The Morgan fingerprint density at radius 3 is 2.87 bits per heavy atom. The SMILES string of the molecule is CCNC(C)Cc1cccc(OCC)n1. The molecule has 0 amide bonds. The van der Waals surface area contributed by atoms with Gasteiger partial charge in [-0.2, -0.15) is 0 Å². The minimum Gasteiger partial charge on any atom is -0.478 e. The fraction of sp³-hybridized carbons (Fsp3) is 0.583. The number of hydrogen-bond acceptors (Lipinski definition) is 3. The van der Waals surface area contributed by atoms with Crippen LogP contribution in [0, 0.1) is 0 Å². The summed E-state index contributed by atoms with van der Waals surface area (Å²) in [4.78, 5) is 4.42. The van der Waals surface area contributed by atoms with Gasteiger partial charge in [0, 0.05) is 24.2 Å². The number of aromatic nitrogens is 1. The molecule has 1 rings (SSSR count). The lowest BCUT2D eigenvalue weighted by Gasteiger charge is -2.12. The summed E-state index contributed by atoms with van der Waals surface area (Å²) in [5.74, 6) is 0.721. The van der Waals surface area contributed by atoms with Gasteiger partial charge in [0.2, 0.25) is 5.88 Å². The van der Waals surface area contributed by atoms with E-state index in [-0.39, 0.29) is 0 Å². The molecule has 84 valence electrons. The van der Waals surface area contributed by atoms with Gasteiger partial charge in [-0.05, 0) is 26.5 Å². The smallest absolute Gasteiger partial charge is 0.213 e. The summed E-state index contributed by atoms with van der Waals surface area (Å²) in [6.07, 6.45) is 0.939. The van der Waals surface area contributed by atoms with Crippen LogP contribution >= 0.6 is 0 Å². The second-order valence-corrected chi connectivity index (χ2v) is 3.56. The molecule has 1 heterocycles. The quantitative estimate of drug-likeness (QED) is 0.776. The van der Waals surface area contributed by atoms with Gasteiger partial charge in [0.15, 0.2) is 0 Å². The maximum Gasteiger partial charge on any atom is 0.213 e. The molecule has 0 fully saturated rings. The monoisotopic (exact) mass is 208 g/mol. The van der Waals surface area contributed by atoms with Gasteiger partial charge in [-0.25, -0.2) is 4.98 Å².